The largest absolute Gasteiger partial charge is 0.505 e. The Morgan fingerprint density at radius 3 is 2.32 bits per heavy atom. The number of hydrogen-bond acceptors (Lipinski definition) is 5. The van der Waals surface area contributed by atoms with Gasteiger partial charge in [-0.2, -0.15) is 0 Å². The van der Waals surface area contributed by atoms with Crippen molar-refractivity contribution in [3.05, 3.63) is 66.5 Å². The predicted molar refractivity (Wildman–Crippen MR) is 113 cm³/mol. The topological polar surface area (TPSA) is 70.7 Å². The molecule has 0 aliphatic carbocycles. The minimum atomic E-state index is -0.248. The summed E-state index contributed by atoms with van der Waals surface area (Å²) in [5.41, 5.74) is 4.62. The quantitative estimate of drug-likeness (QED) is 0.389. The van der Waals surface area contributed by atoms with Gasteiger partial charge >= 0.3 is 0 Å². The van der Waals surface area contributed by atoms with Gasteiger partial charge in [0.15, 0.2) is 5.75 Å². The molecule has 0 spiro atoms. The lowest BCUT2D eigenvalue weighted by atomic mass is 9.82. The number of phenols is 1. The lowest BCUT2D eigenvalue weighted by molar-refractivity contribution is 0.484. The Morgan fingerprint density at radius 1 is 0.893 bits per heavy atom. The molecule has 0 fully saturated rings. The van der Waals surface area contributed by atoms with Crippen molar-refractivity contribution in [2.75, 3.05) is 0 Å². The molecule has 0 bridgehead atoms. The van der Waals surface area contributed by atoms with Crippen molar-refractivity contribution in [3.8, 4) is 5.75 Å². The summed E-state index contributed by atoms with van der Waals surface area (Å²) in [6.45, 7) is 4.26. The lowest BCUT2D eigenvalue weighted by Crippen LogP contribution is -2.26. The third-order valence-electron chi connectivity index (χ3n) is 5.35. The van der Waals surface area contributed by atoms with Gasteiger partial charge in [-0.15, -0.1) is 0 Å². The van der Waals surface area contributed by atoms with Gasteiger partial charge in [0, 0.05) is 28.6 Å². The summed E-state index contributed by atoms with van der Waals surface area (Å²) in [6.07, 6.45) is 5.18. The van der Waals surface area contributed by atoms with Crippen molar-refractivity contribution < 1.29 is 5.11 Å². The van der Waals surface area contributed by atoms with Gasteiger partial charge in [0.1, 0.15) is 11.2 Å². The number of benzene rings is 2. The molecule has 28 heavy (non-hydrogen) atoms. The van der Waals surface area contributed by atoms with Gasteiger partial charge in [0.2, 0.25) is 0 Å². The Bertz CT molecular complexity index is 1300. The normalized spacial score (nSPS) is 15.3. The van der Waals surface area contributed by atoms with Crippen LogP contribution in [0.5, 0.6) is 5.75 Å². The van der Waals surface area contributed by atoms with Crippen LogP contribution < -0.4 is 0 Å². The van der Waals surface area contributed by atoms with E-state index in [4.69, 9.17) is 4.99 Å². The number of para-hydroxylation sites is 1. The predicted octanol–water partition coefficient (Wildman–Crippen LogP) is 5.25. The maximum atomic E-state index is 10.9. The number of rotatable bonds is 2. The average Bonchev–Trinajstić information content (AvgIpc) is 2.98. The lowest BCUT2D eigenvalue weighted by Gasteiger charge is -2.19. The molecule has 0 saturated carbocycles. The molecule has 0 saturated heterocycles. The van der Waals surface area contributed by atoms with E-state index in [0.29, 0.717) is 16.6 Å². The Labute approximate surface area is 162 Å². The van der Waals surface area contributed by atoms with Gasteiger partial charge in [-0.1, -0.05) is 32.0 Å². The second-order valence-corrected chi connectivity index (χ2v) is 7.39. The molecule has 0 amide bonds. The first-order valence-corrected chi connectivity index (χ1v) is 9.14. The Hall–Kier alpha value is -3.60. The first kappa shape index (κ1) is 16.6. The maximum absolute atomic E-state index is 10.9. The molecule has 2 aromatic carbocycles. The van der Waals surface area contributed by atoms with Crippen LogP contribution in [0.4, 0.5) is 11.4 Å². The van der Waals surface area contributed by atoms with Crippen molar-refractivity contribution in [1.29, 1.82) is 0 Å². The first-order chi connectivity index (χ1) is 13.6. The summed E-state index contributed by atoms with van der Waals surface area (Å²) in [6, 6.07) is 15.5. The summed E-state index contributed by atoms with van der Waals surface area (Å²) in [7, 11) is 0. The maximum Gasteiger partial charge on any atom is 0.151 e. The molecule has 0 unspecified atom stereocenters. The van der Waals surface area contributed by atoms with E-state index >= 15 is 0 Å². The summed E-state index contributed by atoms with van der Waals surface area (Å²) in [4.78, 5) is 18.3. The fourth-order valence-corrected chi connectivity index (χ4v) is 3.78. The highest BCUT2D eigenvalue weighted by molar-refractivity contribution is 6.37. The van der Waals surface area contributed by atoms with Crippen LogP contribution in [0.25, 0.3) is 21.8 Å². The van der Waals surface area contributed by atoms with Crippen LogP contribution in [-0.2, 0) is 5.41 Å². The fraction of sp³-hybridized carbons (Fsp3) is 0.130. The standard InChI is InChI=1S/C23H18N4O/c1-23(2)16-9-3-4-10-17(16)27-18(23)13-26-21-14-7-5-11-24-19(14)20-15(22(21)28)8-6-12-25-20/h3-13,28H,1-2H3. The number of hydrogen-bond donors (Lipinski definition) is 1. The van der Waals surface area contributed by atoms with Gasteiger partial charge in [0.05, 0.1) is 23.1 Å². The smallest absolute Gasteiger partial charge is 0.151 e. The van der Waals surface area contributed by atoms with Crippen LogP contribution >= 0.6 is 0 Å². The minimum Gasteiger partial charge on any atom is -0.505 e. The van der Waals surface area contributed by atoms with Crippen LogP contribution in [0.15, 0.2) is 70.9 Å². The molecule has 5 rings (SSSR count). The summed E-state index contributed by atoms with van der Waals surface area (Å²) in [5, 5.41) is 12.3. The number of phenolic OH excluding ortho intramolecular Hbond substituents is 1. The van der Waals surface area contributed by atoms with E-state index in [1.165, 1.54) is 5.56 Å². The molecule has 5 nitrogen and oxygen atoms in total. The molecule has 1 aliphatic rings. The second kappa shape index (κ2) is 5.96. The Kier molecular flexibility index (Phi) is 3.52. The molecule has 2 aromatic heterocycles. The number of aromatic hydroxyl groups is 1. The zero-order valence-electron chi connectivity index (χ0n) is 15.6. The van der Waals surface area contributed by atoms with Crippen LogP contribution in [0.1, 0.15) is 19.4 Å². The van der Waals surface area contributed by atoms with E-state index in [9.17, 15) is 5.11 Å². The van der Waals surface area contributed by atoms with E-state index in [1.54, 1.807) is 24.7 Å². The number of aromatic nitrogens is 2. The molecular formula is C23H18N4O. The summed E-state index contributed by atoms with van der Waals surface area (Å²) < 4.78 is 0. The zero-order valence-corrected chi connectivity index (χ0v) is 15.6. The number of aliphatic imine (C=N–C) groups is 2. The first-order valence-electron chi connectivity index (χ1n) is 9.14. The molecule has 4 aromatic rings. The van der Waals surface area contributed by atoms with E-state index in [-0.39, 0.29) is 11.2 Å². The third kappa shape index (κ3) is 2.33. The molecule has 136 valence electrons. The molecule has 0 atom stereocenters. The molecule has 5 heteroatoms. The van der Waals surface area contributed by atoms with Crippen LogP contribution in [0.2, 0.25) is 0 Å². The molecule has 0 radical (unpaired) electrons. The van der Waals surface area contributed by atoms with E-state index in [2.05, 4.69) is 34.9 Å². The van der Waals surface area contributed by atoms with Crippen molar-refractivity contribution >= 4 is 45.1 Å². The third-order valence-corrected chi connectivity index (χ3v) is 5.35. The number of fused-ring (bicyclic) bond motifs is 4. The van der Waals surface area contributed by atoms with Gasteiger partial charge in [0.25, 0.3) is 0 Å². The second-order valence-electron chi connectivity index (χ2n) is 7.39. The van der Waals surface area contributed by atoms with Gasteiger partial charge < -0.3 is 5.11 Å². The van der Waals surface area contributed by atoms with Crippen molar-refractivity contribution in [1.82, 2.24) is 9.97 Å². The highest BCUT2D eigenvalue weighted by atomic mass is 16.3. The fourth-order valence-electron chi connectivity index (χ4n) is 3.78. The van der Waals surface area contributed by atoms with E-state index in [1.807, 2.05) is 36.4 Å². The minimum absolute atomic E-state index is 0.105. The molecule has 3 heterocycles. The number of pyridine rings is 2. The zero-order chi connectivity index (χ0) is 19.3. The molecule has 1 aliphatic heterocycles. The van der Waals surface area contributed by atoms with Gasteiger partial charge in [-0.3, -0.25) is 20.0 Å². The summed E-state index contributed by atoms with van der Waals surface area (Å²) in [5.74, 6) is 0.105. The Morgan fingerprint density at radius 2 is 1.57 bits per heavy atom. The number of nitrogens with zero attached hydrogens (tertiary/aromatic N) is 4. The van der Waals surface area contributed by atoms with Crippen molar-refractivity contribution in [2.24, 2.45) is 9.98 Å². The molecule has 1 N–H and O–H groups in total. The SMILES string of the molecule is CC1(C)C(C=Nc2c(O)c3cccnc3c3ncccc23)=Nc2ccccc21. The van der Waals surface area contributed by atoms with Crippen LogP contribution in [0, 0.1) is 0 Å². The highest BCUT2D eigenvalue weighted by Gasteiger charge is 2.33. The van der Waals surface area contributed by atoms with Crippen molar-refractivity contribution in [3.63, 3.8) is 0 Å². The average molecular weight is 366 g/mol. The summed E-state index contributed by atoms with van der Waals surface area (Å²) >= 11 is 0. The highest BCUT2D eigenvalue weighted by Crippen LogP contribution is 2.42. The monoisotopic (exact) mass is 366 g/mol. The van der Waals surface area contributed by atoms with Gasteiger partial charge in [-0.05, 0) is 35.9 Å². The van der Waals surface area contributed by atoms with Crippen molar-refractivity contribution in [2.45, 2.75) is 19.3 Å². The van der Waals surface area contributed by atoms with E-state index < -0.39 is 0 Å². The molecular weight excluding hydrogens is 348 g/mol. The van der Waals surface area contributed by atoms with E-state index in [0.717, 1.165) is 22.3 Å². The Balaban J connectivity index is 1.70. The van der Waals surface area contributed by atoms with Crippen LogP contribution in [-0.4, -0.2) is 27.0 Å². The van der Waals surface area contributed by atoms with Crippen LogP contribution in [0.3, 0.4) is 0 Å². The van der Waals surface area contributed by atoms with Gasteiger partial charge in [-0.25, -0.2) is 0 Å².